The zero-order chi connectivity index (χ0) is 10.4. The Morgan fingerprint density at radius 1 is 1.38 bits per heavy atom. The van der Waals surface area contributed by atoms with E-state index in [0.717, 1.165) is 12.8 Å². The van der Waals surface area contributed by atoms with E-state index in [1.807, 2.05) is 32.8 Å². The Labute approximate surface area is 81.1 Å². The van der Waals surface area contributed by atoms with Gasteiger partial charge in [0.05, 0.1) is 6.10 Å². The summed E-state index contributed by atoms with van der Waals surface area (Å²) >= 11 is 0. The van der Waals surface area contributed by atoms with Crippen LogP contribution in [0.2, 0.25) is 0 Å². The molecule has 0 N–H and O–H groups in total. The monoisotopic (exact) mass is 187 g/mol. The molecule has 0 saturated heterocycles. The third-order valence-electron chi connectivity index (χ3n) is 1.81. The second-order valence-electron chi connectivity index (χ2n) is 3.75. The zero-order valence-electron chi connectivity index (χ0n) is 9.33. The molecule has 0 spiro atoms. The molecule has 0 heterocycles. The number of hydrogen-bond acceptors (Lipinski definition) is 3. The molecular weight excluding hydrogens is 166 g/mol. The minimum Gasteiger partial charge on any atom is -0.462 e. The number of nitrogens with zero attached hydrogens (tertiary/aromatic N) is 1. The van der Waals surface area contributed by atoms with Crippen LogP contribution in [0.3, 0.4) is 0 Å². The summed E-state index contributed by atoms with van der Waals surface area (Å²) in [5.41, 5.74) is 0. The average molecular weight is 187 g/mol. The van der Waals surface area contributed by atoms with Crippen LogP contribution in [0.15, 0.2) is 0 Å². The highest BCUT2D eigenvalue weighted by Crippen LogP contribution is 2.06. The number of ether oxygens (including phenoxy) is 1. The lowest BCUT2D eigenvalue weighted by molar-refractivity contribution is -0.153. The Bertz CT molecular complexity index is 155. The Morgan fingerprint density at radius 3 is 2.23 bits per heavy atom. The molecule has 0 aromatic carbocycles. The molecule has 0 aliphatic heterocycles. The van der Waals surface area contributed by atoms with E-state index in [-0.39, 0.29) is 18.1 Å². The van der Waals surface area contributed by atoms with Crippen molar-refractivity contribution in [2.24, 2.45) is 0 Å². The first-order valence-corrected chi connectivity index (χ1v) is 4.86. The maximum absolute atomic E-state index is 11.5. The molecule has 0 bridgehead atoms. The topological polar surface area (TPSA) is 29.5 Å². The molecule has 0 aromatic heterocycles. The fraction of sp³-hybridized carbons (Fsp3) is 0.900. The van der Waals surface area contributed by atoms with Crippen LogP contribution in [-0.2, 0) is 9.53 Å². The third kappa shape index (κ3) is 4.88. The standard InChI is InChI=1S/C10H21NO2/c1-6-7-9(11(4)5)10(12)13-8(2)3/h8-9H,6-7H2,1-5H3. The van der Waals surface area contributed by atoms with E-state index in [1.165, 1.54) is 0 Å². The van der Waals surface area contributed by atoms with Crippen LogP contribution in [0.1, 0.15) is 33.6 Å². The van der Waals surface area contributed by atoms with E-state index in [2.05, 4.69) is 6.92 Å². The van der Waals surface area contributed by atoms with Crippen molar-refractivity contribution in [3.8, 4) is 0 Å². The van der Waals surface area contributed by atoms with Gasteiger partial charge < -0.3 is 4.74 Å². The predicted molar refractivity (Wildman–Crippen MR) is 53.6 cm³/mol. The second-order valence-corrected chi connectivity index (χ2v) is 3.75. The van der Waals surface area contributed by atoms with Crippen LogP contribution in [-0.4, -0.2) is 37.1 Å². The normalized spacial score (nSPS) is 13.5. The van der Waals surface area contributed by atoms with E-state index < -0.39 is 0 Å². The number of carbonyl (C=O) groups excluding carboxylic acids is 1. The zero-order valence-corrected chi connectivity index (χ0v) is 9.33. The largest absolute Gasteiger partial charge is 0.462 e. The molecule has 3 heteroatoms. The lowest BCUT2D eigenvalue weighted by Gasteiger charge is -2.23. The van der Waals surface area contributed by atoms with Gasteiger partial charge in [-0.05, 0) is 34.4 Å². The highest BCUT2D eigenvalue weighted by atomic mass is 16.5. The first-order valence-electron chi connectivity index (χ1n) is 4.86. The maximum atomic E-state index is 11.5. The van der Waals surface area contributed by atoms with Crippen molar-refractivity contribution in [2.75, 3.05) is 14.1 Å². The van der Waals surface area contributed by atoms with Crippen LogP contribution in [0, 0.1) is 0 Å². The summed E-state index contributed by atoms with van der Waals surface area (Å²) in [6.45, 7) is 5.81. The molecule has 1 unspecified atom stereocenters. The molecule has 0 aliphatic carbocycles. The molecule has 0 fully saturated rings. The van der Waals surface area contributed by atoms with E-state index in [4.69, 9.17) is 4.74 Å². The second kappa shape index (κ2) is 5.97. The van der Waals surface area contributed by atoms with Crippen LogP contribution < -0.4 is 0 Å². The summed E-state index contributed by atoms with van der Waals surface area (Å²) in [6.07, 6.45) is 1.83. The molecule has 0 saturated carbocycles. The van der Waals surface area contributed by atoms with Gasteiger partial charge in [0.15, 0.2) is 0 Å². The molecule has 13 heavy (non-hydrogen) atoms. The van der Waals surface area contributed by atoms with E-state index in [1.54, 1.807) is 0 Å². The van der Waals surface area contributed by atoms with Gasteiger partial charge in [0, 0.05) is 0 Å². The van der Waals surface area contributed by atoms with Crippen LogP contribution in [0.4, 0.5) is 0 Å². The Hall–Kier alpha value is -0.570. The van der Waals surface area contributed by atoms with Crippen LogP contribution >= 0.6 is 0 Å². The molecule has 0 rings (SSSR count). The maximum Gasteiger partial charge on any atom is 0.323 e. The van der Waals surface area contributed by atoms with Crippen LogP contribution in [0.5, 0.6) is 0 Å². The molecular formula is C10H21NO2. The van der Waals surface area contributed by atoms with Crippen molar-refractivity contribution in [1.29, 1.82) is 0 Å². The van der Waals surface area contributed by atoms with Gasteiger partial charge in [-0.3, -0.25) is 9.69 Å². The molecule has 3 nitrogen and oxygen atoms in total. The molecule has 0 amide bonds. The van der Waals surface area contributed by atoms with Crippen molar-refractivity contribution in [3.63, 3.8) is 0 Å². The Kier molecular flexibility index (Phi) is 5.71. The van der Waals surface area contributed by atoms with Gasteiger partial charge in [-0.15, -0.1) is 0 Å². The van der Waals surface area contributed by atoms with Gasteiger partial charge in [-0.2, -0.15) is 0 Å². The SMILES string of the molecule is CCCC(C(=O)OC(C)C)N(C)C. The number of hydrogen-bond donors (Lipinski definition) is 0. The smallest absolute Gasteiger partial charge is 0.323 e. The number of esters is 1. The van der Waals surface area contributed by atoms with Crippen molar-refractivity contribution < 1.29 is 9.53 Å². The van der Waals surface area contributed by atoms with Crippen molar-refractivity contribution in [1.82, 2.24) is 4.90 Å². The minimum atomic E-state index is -0.109. The van der Waals surface area contributed by atoms with Crippen molar-refractivity contribution in [2.45, 2.75) is 45.8 Å². The van der Waals surface area contributed by atoms with E-state index >= 15 is 0 Å². The first-order chi connectivity index (χ1) is 5.99. The summed E-state index contributed by atoms with van der Waals surface area (Å²) in [6, 6.07) is -0.0904. The van der Waals surface area contributed by atoms with Gasteiger partial charge in [0.25, 0.3) is 0 Å². The average Bonchev–Trinajstić information content (AvgIpc) is 1.97. The highest BCUT2D eigenvalue weighted by molar-refractivity contribution is 5.75. The van der Waals surface area contributed by atoms with E-state index in [0.29, 0.717) is 0 Å². The number of likely N-dealkylation sites (N-methyl/N-ethyl adjacent to an activating group) is 1. The van der Waals surface area contributed by atoms with Gasteiger partial charge >= 0.3 is 5.97 Å². The quantitative estimate of drug-likeness (QED) is 0.613. The van der Waals surface area contributed by atoms with Gasteiger partial charge in [0.2, 0.25) is 0 Å². The first kappa shape index (κ1) is 12.4. The fourth-order valence-electron chi connectivity index (χ4n) is 1.17. The summed E-state index contributed by atoms with van der Waals surface area (Å²) < 4.78 is 5.15. The van der Waals surface area contributed by atoms with Crippen LogP contribution in [0.25, 0.3) is 0 Å². The lowest BCUT2D eigenvalue weighted by Crippen LogP contribution is -2.38. The van der Waals surface area contributed by atoms with E-state index in [9.17, 15) is 4.79 Å². The van der Waals surface area contributed by atoms with Crippen molar-refractivity contribution in [3.05, 3.63) is 0 Å². The predicted octanol–water partition coefficient (Wildman–Crippen LogP) is 1.67. The Morgan fingerprint density at radius 2 is 1.92 bits per heavy atom. The fourth-order valence-corrected chi connectivity index (χ4v) is 1.17. The number of carbonyl (C=O) groups is 1. The summed E-state index contributed by atoms with van der Waals surface area (Å²) in [5.74, 6) is -0.109. The summed E-state index contributed by atoms with van der Waals surface area (Å²) in [5, 5.41) is 0. The summed E-state index contributed by atoms with van der Waals surface area (Å²) in [4.78, 5) is 13.4. The molecule has 0 aromatic rings. The molecule has 78 valence electrons. The number of rotatable bonds is 5. The van der Waals surface area contributed by atoms with Gasteiger partial charge in [-0.1, -0.05) is 13.3 Å². The third-order valence-corrected chi connectivity index (χ3v) is 1.81. The molecule has 0 radical (unpaired) electrons. The highest BCUT2D eigenvalue weighted by Gasteiger charge is 2.21. The molecule has 0 aliphatic rings. The van der Waals surface area contributed by atoms with Gasteiger partial charge in [0.1, 0.15) is 6.04 Å². The van der Waals surface area contributed by atoms with Crippen molar-refractivity contribution >= 4 is 5.97 Å². The Balaban J connectivity index is 4.11. The minimum absolute atomic E-state index is 0.0215. The van der Waals surface area contributed by atoms with Gasteiger partial charge in [-0.25, -0.2) is 0 Å². The summed E-state index contributed by atoms with van der Waals surface area (Å²) in [7, 11) is 3.81. The molecule has 1 atom stereocenters. The lowest BCUT2D eigenvalue weighted by atomic mass is 10.1.